The number of esters is 2. The second-order valence-corrected chi connectivity index (χ2v) is 6.19. The summed E-state index contributed by atoms with van der Waals surface area (Å²) in [5.41, 5.74) is 1.46. The summed E-state index contributed by atoms with van der Waals surface area (Å²) in [5.74, 6) is -2.26. The lowest BCUT2D eigenvalue weighted by molar-refractivity contribution is 0.0599. The standard InChI is InChI=1S/C21H17FN2O5/c1-11-17(9-12-4-5-15(22)10-18(12)23-11)19(25)24-16-7-13(20(26)28-2)6-14(8-16)21(27)29-3/h4-10H,1-3H3,(H,24,25). The molecule has 0 radical (unpaired) electrons. The number of carbonyl (C=O) groups excluding carboxylic acids is 3. The molecule has 0 saturated heterocycles. The van der Waals surface area contributed by atoms with Crippen molar-refractivity contribution in [3.63, 3.8) is 0 Å². The smallest absolute Gasteiger partial charge is 0.337 e. The molecule has 0 bridgehead atoms. The first-order valence-corrected chi connectivity index (χ1v) is 8.52. The lowest BCUT2D eigenvalue weighted by Crippen LogP contribution is -2.16. The normalized spacial score (nSPS) is 10.5. The van der Waals surface area contributed by atoms with Gasteiger partial charge in [-0.1, -0.05) is 0 Å². The molecule has 0 atom stereocenters. The number of pyridine rings is 1. The number of hydrogen-bond acceptors (Lipinski definition) is 6. The summed E-state index contributed by atoms with van der Waals surface area (Å²) < 4.78 is 22.7. The van der Waals surface area contributed by atoms with Gasteiger partial charge in [0.1, 0.15) is 5.82 Å². The molecule has 3 rings (SSSR count). The molecule has 3 aromatic rings. The summed E-state index contributed by atoms with van der Waals surface area (Å²) in [4.78, 5) is 40.8. The van der Waals surface area contributed by atoms with Crippen LogP contribution in [0.2, 0.25) is 0 Å². The van der Waals surface area contributed by atoms with Crippen molar-refractivity contribution >= 4 is 34.4 Å². The Morgan fingerprint density at radius 1 is 0.931 bits per heavy atom. The Morgan fingerprint density at radius 2 is 1.55 bits per heavy atom. The van der Waals surface area contributed by atoms with Crippen molar-refractivity contribution in [3.05, 3.63) is 70.7 Å². The molecule has 0 aliphatic heterocycles. The molecule has 148 valence electrons. The SMILES string of the molecule is COC(=O)c1cc(NC(=O)c2cc3ccc(F)cc3nc2C)cc(C(=O)OC)c1. The third-order valence-corrected chi connectivity index (χ3v) is 4.25. The van der Waals surface area contributed by atoms with Gasteiger partial charge < -0.3 is 14.8 Å². The van der Waals surface area contributed by atoms with E-state index in [-0.39, 0.29) is 22.4 Å². The van der Waals surface area contributed by atoms with Crippen LogP contribution in [0.4, 0.5) is 10.1 Å². The number of anilines is 1. The molecule has 8 heteroatoms. The third-order valence-electron chi connectivity index (χ3n) is 4.25. The molecule has 0 saturated carbocycles. The van der Waals surface area contributed by atoms with E-state index >= 15 is 0 Å². The van der Waals surface area contributed by atoms with Gasteiger partial charge in [0.2, 0.25) is 0 Å². The number of aryl methyl sites for hydroxylation is 1. The molecule has 1 aromatic heterocycles. The topological polar surface area (TPSA) is 94.6 Å². The Labute approximate surface area is 165 Å². The Kier molecular flexibility index (Phi) is 5.54. The van der Waals surface area contributed by atoms with Gasteiger partial charge in [0.25, 0.3) is 5.91 Å². The Morgan fingerprint density at radius 3 is 2.14 bits per heavy atom. The van der Waals surface area contributed by atoms with Gasteiger partial charge in [0.05, 0.1) is 42.1 Å². The van der Waals surface area contributed by atoms with Gasteiger partial charge in [-0.15, -0.1) is 0 Å². The maximum absolute atomic E-state index is 13.4. The van der Waals surface area contributed by atoms with Crippen LogP contribution in [-0.4, -0.2) is 37.0 Å². The summed E-state index contributed by atoms with van der Waals surface area (Å²) in [6.45, 7) is 1.63. The Balaban J connectivity index is 1.98. The first kappa shape index (κ1) is 19.9. The van der Waals surface area contributed by atoms with Gasteiger partial charge in [0, 0.05) is 17.1 Å². The lowest BCUT2D eigenvalue weighted by atomic mass is 10.1. The second kappa shape index (κ2) is 8.05. The third kappa shape index (κ3) is 4.21. The van der Waals surface area contributed by atoms with E-state index in [0.717, 1.165) is 0 Å². The van der Waals surface area contributed by atoms with E-state index in [0.29, 0.717) is 16.6 Å². The number of nitrogens with one attached hydrogen (secondary N) is 1. The van der Waals surface area contributed by atoms with Crippen molar-refractivity contribution in [2.45, 2.75) is 6.92 Å². The van der Waals surface area contributed by atoms with Crippen LogP contribution in [0, 0.1) is 12.7 Å². The Hall–Kier alpha value is -3.81. The van der Waals surface area contributed by atoms with E-state index in [1.807, 2.05) is 0 Å². The van der Waals surface area contributed by atoms with Gasteiger partial charge in [0.15, 0.2) is 0 Å². The van der Waals surface area contributed by atoms with E-state index in [9.17, 15) is 18.8 Å². The number of ether oxygens (including phenoxy) is 2. The molecule has 0 fully saturated rings. The van der Waals surface area contributed by atoms with Gasteiger partial charge in [-0.25, -0.2) is 14.0 Å². The number of carbonyl (C=O) groups is 3. The highest BCUT2D eigenvalue weighted by atomic mass is 19.1. The summed E-state index contributed by atoms with van der Waals surface area (Å²) in [7, 11) is 2.41. The number of halogens is 1. The maximum Gasteiger partial charge on any atom is 0.337 e. The van der Waals surface area contributed by atoms with E-state index in [1.54, 1.807) is 13.0 Å². The molecule has 1 N–H and O–H groups in total. The summed E-state index contributed by atoms with van der Waals surface area (Å²) >= 11 is 0. The average molecular weight is 396 g/mol. The molecule has 0 aliphatic carbocycles. The molecule has 29 heavy (non-hydrogen) atoms. The second-order valence-electron chi connectivity index (χ2n) is 6.19. The van der Waals surface area contributed by atoms with Crippen LogP contribution >= 0.6 is 0 Å². The molecular weight excluding hydrogens is 379 g/mol. The maximum atomic E-state index is 13.4. The van der Waals surface area contributed by atoms with Gasteiger partial charge in [-0.3, -0.25) is 9.78 Å². The number of hydrogen-bond donors (Lipinski definition) is 1. The van der Waals surface area contributed by atoms with Gasteiger partial charge >= 0.3 is 11.9 Å². The minimum absolute atomic E-state index is 0.0783. The lowest BCUT2D eigenvalue weighted by Gasteiger charge is -2.11. The van der Waals surface area contributed by atoms with Crippen molar-refractivity contribution in [1.82, 2.24) is 4.98 Å². The number of methoxy groups -OCH3 is 2. The molecular formula is C21H17FN2O5. The fourth-order valence-corrected chi connectivity index (χ4v) is 2.84. The molecule has 0 spiro atoms. The van der Waals surface area contributed by atoms with Crippen molar-refractivity contribution in [2.24, 2.45) is 0 Å². The van der Waals surface area contributed by atoms with Crippen LogP contribution in [0.5, 0.6) is 0 Å². The highest BCUT2D eigenvalue weighted by Crippen LogP contribution is 2.21. The number of aromatic nitrogens is 1. The van der Waals surface area contributed by atoms with Gasteiger partial charge in [-0.05, 0) is 43.3 Å². The minimum Gasteiger partial charge on any atom is -0.465 e. The molecule has 1 amide bonds. The van der Waals surface area contributed by atoms with E-state index in [2.05, 4.69) is 19.8 Å². The molecule has 7 nitrogen and oxygen atoms in total. The fraction of sp³-hybridized carbons (Fsp3) is 0.143. The number of benzene rings is 2. The number of rotatable bonds is 4. The van der Waals surface area contributed by atoms with E-state index in [1.165, 1.54) is 50.6 Å². The zero-order valence-electron chi connectivity index (χ0n) is 15.9. The summed E-state index contributed by atoms with van der Waals surface area (Å²) in [5, 5.41) is 3.24. The van der Waals surface area contributed by atoms with Crippen LogP contribution in [0.15, 0.2) is 42.5 Å². The first-order valence-electron chi connectivity index (χ1n) is 8.52. The summed E-state index contributed by atoms with van der Waals surface area (Å²) in [6.07, 6.45) is 0. The summed E-state index contributed by atoms with van der Waals surface area (Å²) in [6, 6.07) is 9.77. The van der Waals surface area contributed by atoms with Crippen molar-refractivity contribution in [1.29, 1.82) is 0 Å². The highest BCUT2D eigenvalue weighted by molar-refractivity contribution is 6.08. The van der Waals surface area contributed by atoms with Crippen LogP contribution < -0.4 is 5.32 Å². The van der Waals surface area contributed by atoms with Crippen LogP contribution in [0.3, 0.4) is 0 Å². The molecule has 0 unspecified atom stereocenters. The first-order chi connectivity index (χ1) is 13.8. The predicted molar refractivity (Wildman–Crippen MR) is 104 cm³/mol. The number of amides is 1. The minimum atomic E-state index is -0.670. The number of fused-ring (bicyclic) bond motifs is 1. The fourth-order valence-electron chi connectivity index (χ4n) is 2.84. The van der Waals surface area contributed by atoms with E-state index in [4.69, 9.17) is 0 Å². The van der Waals surface area contributed by atoms with E-state index < -0.39 is 23.7 Å². The highest BCUT2D eigenvalue weighted by Gasteiger charge is 2.17. The average Bonchev–Trinajstić information content (AvgIpc) is 2.71. The largest absolute Gasteiger partial charge is 0.465 e. The van der Waals surface area contributed by atoms with Crippen LogP contribution in [-0.2, 0) is 9.47 Å². The zero-order valence-corrected chi connectivity index (χ0v) is 15.9. The van der Waals surface area contributed by atoms with Crippen LogP contribution in [0.1, 0.15) is 36.8 Å². The van der Waals surface area contributed by atoms with Gasteiger partial charge in [-0.2, -0.15) is 0 Å². The van der Waals surface area contributed by atoms with Crippen molar-refractivity contribution < 1.29 is 28.2 Å². The molecule has 0 aliphatic rings. The predicted octanol–water partition coefficient (Wildman–Crippen LogP) is 3.51. The quantitative estimate of drug-likeness (QED) is 0.678. The van der Waals surface area contributed by atoms with Crippen LogP contribution in [0.25, 0.3) is 10.9 Å². The van der Waals surface area contributed by atoms with Crippen molar-refractivity contribution in [3.8, 4) is 0 Å². The monoisotopic (exact) mass is 396 g/mol. The zero-order chi connectivity index (χ0) is 21.1. The van der Waals surface area contributed by atoms with Crippen molar-refractivity contribution in [2.75, 3.05) is 19.5 Å². The molecule has 2 aromatic carbocycles. The number of nitrogens with zero attached hydrogens (tertiary/aromatic N) is 1. The Bertz CT molecular complexity index is 1110. The molecule has 1 heterocycles.